The highest BCUT2D eigenvalue weighted by Crippen LogP contribution is 2.21. The van der Waals surface area contributed by atoms with Crippen molar-refractivity contribution in [2.45, 2.75) is 30.7 Å². The quantitative estimate of drug-likeness (QED) is 0.879. The van der Waals surface area contributed by atoms with Crippen molar-refractivity contribution in [2.75, 3.05) is 12.3 Å². The van der Waals surface area contributed by atoms with Gasteiger partial charge in [-0.25, -0.2) is 8.42 Å². The molecule has 0 saturated carbocycles. The molecule has 1 aliphatic heterocycles. The molecule has 114 valence electrons. The summed E-state index contributed by atoms with van der Waals surface area (Å²) >= 11 is 0. The zero-order valence-electron chi connectivity index (χ0n) is 11.8. The van der Waals surface area contributed by atoms with E-state index in [-0.39, 0.29) is 22.1 Å². The van der Waals surface area contributed by atoms with Gasteiger partial charge in [-0.15, -0.1) is 0 Å². The molecule has 0 aromatic heterocycles. The molecule has 2 N–H and O–H groups in total. The number of rotatable bonds is 4. The van der Waals surface area contributed by atoms with Gasteiger partial charge in [-0.1, -0.05) is 13.0 Å². The van der Waals surface area contributed by atoms with Crippen LogP contribution in [0, 0.1) is 0 Å². The Kier molecular flexibility index (Phi) is 4.32. The minimum absolute atomic E-state index is 0.0295. The second-order valence-corrected chi connectivity index (χ2v) is 7.27. The fourth-order valence-corrected chi connectivity index (χ4v) is 3.39. The Morgan fingerprint density at radius 2 is 2.10 bits per heavy atom. The van der Waals surface area contributed by atoms with E-state index in [1.54, 1.807) is 13.0 Å². The number of sulfone groups is 1. The predicted molar refractivity (Wildman–Crippen MR) is 77.4 cm³/mol. The number of nitrogens with two attached hydrogens (primary N) is 1. The van der Waals surface area contributed by atoms with E-state index in [1.807, 2.05) is 0 Å². The van der Waals surface area contributed by atoms with E-state index in [2.05, 4.69) is 0 Å². The lowest BCUT2D eigenvalue weighted by molar-refractivity contribution is -0.121. The average molecular weight is 310 g/mol. The van der Waals surface area contributed by atoms with Crippen LogP contribution >= 0.6 is 0 Å². The second kappa shape index (κ2) is 5.85. The Labute approximate surface area is 123 Å². The van der Waals surface area contributed by atoms with Gasteiger partial charge in [0.15, 0.2) is 9.84 Å². The summed E-state index contributed by atoms with van der Waals surface area (Å²) in [5.74, 6) is -0.916. The van der Waals surface area contributed by atoms with Gasteiger partial charge in [0.1, 0.15) is 6.04 Å². The Morgan fingerprint density at radius 3 is 2.71 bits per heavy atom. The third-order valence-corrected chi connectivity index (χ3v) is 5.39. The van der Waals surface area contributed by atoms with Gasteiger partial charge in [-0.05, 0) is 31.0 Å². The SMILES string of the molecule is CCS(=O)(=O)c1cccc(C(=O)N2CCC[C@@H]2C(N)=O)c1. The summed E-state index contributed by atoms with van der Waals surface area (Å²) in [6.45, 7) is 2.00. The summed E-state index contributed by atoms with van der Waals surface area (Å²) in [6, 6.07) is 5.30. The molecule has 1 fully saturated rings. The first-order chi connectivity index (χ1) is 9.86. The van der Waals surface area contributed by atoms with Crippen molar-refractivity contribution in [2.24, 2.45) is 5.73 Å². The minimum atomic E-state index is -3.37. The molecule has 21 heavy (non-hydrogen) atoms. The van der Waals surface area contributed by atoms with Crippen LogP contribution in [0.25, 0.3) is 0 Å². The molecule has 2 rings (SSSR count). The van der Waals surface area contributed by atoms with Crippen LogP contribution in [-0.2, 0) is 14.6 Å². The fraction of sp³-hybridized carbons (Fsp3) is 0.429. The van der Waals surface area contributed by atoms with Crippen LogP contribution in [0.1, 0.15) is 30.1 Å². The van der Waals surface area contributed by atoms with Crippen molar-refractivity contribution >= 4 is 21.7 Å². The molecular weight excluding hydrogens is 292 g/mol. The molecule has 2 amide bonds. The Balaban J connectivity index is 2.32. The summed E-state index contributed by atoms with van der Waals surface area (Å²) < 4.78 is 23.7. The predicted octanol–water partition coefficient (Wildman–Crippen LogP) is 0.570. The normalized spacial score (nSPS) is 18.7. The molecular formula is C14H18N2O4S. The van der Waals surface area contributed by atoms with Crippen LogP contribution in [0.15, 0.2) is 29.2 Å². The lowest BCUT2D eigenvalue weighted by Crippen LogP contribution is -2.43. The Morgan fingerprint density at radius 1 is 1.38 bits per heavy atom. The number of nitrogens with zero attached hydrogens (tertiary/aromatic N) is 1. The third kappa shape index (κ3) is 3.07. The first-order valence-electron chi connectivity index (χ1n) is 6.80. The van der Waals surface area contributed by atoms with Crippen molar-refractivity contribution < 1.29 is 18.0 Å². The lowest BCUT2D eigenvalue weighted by atomic mass is 10.1. The first kappa shape index (κ1) is 15.5. The van der Waals surface area contributed by atoms with Crippen LogP contribution < -0.4 is 5.73 Å². The Bertz CT molecular complexity index is 669. The average Bonchev–Trinajstić information content (AvgIpc) is 2.96. The summed E-state index contributed by atoms with van der Waals surface area (Å²) in [5, 5.41) is 0. The molecule has 0 bridgehead atoms. The zero-order valence-corrected chi connectivity index (χ0v) is 12.6. The number of amides is 2. The molecule has 0 spiro atoms. The maximum atomic E-state index is 12.5. The largest absolute Gasteiger partial charge is 0.368 e. The molecule has 0 radical (unpaired) electrons. The number of carbonyl (C=O) groups is 2. The van der Waals surface area contributed by atoms with Crippen LogP contribution in [0.5, 0.6) is 0 Å². The van der Waals surface area contributed by atoms with Gasteiger partial charge < -0.3 is 10.6 Å². The van der Waals surface area contributed by atoms with Crippen molar-refractivity contribution in [3.05, 3.63) is 29.8 Å². The molecule has 1 heterocycles. The van der Waals surface area contributed by atoms with Crippen LogP contribution in [0.4, 0.5) is 0 Å². The fourth-order valence-electron chi connectivity index (χ4n) is 2.46. The van der Waals surface area contributed by atoms with Crippen LogP contribution in [0.3, 0.4) is 0 Å². The number of benzene rings is 1. The number of hydrogen-bond acceptors (Lipinski definition) is 4. The zero-order chi connectivity index (χ0) is 15.6. The maximum absolute atomic E-state index is 12.5. The van der Waals surface area contributed by atoms with E-state index < -0.39 is 21.8 Å². The standard InChI is InChI=1S/C14H18N2O4S/c1-2-21(19,20)11-6-3-5-10(9-11)14(18)16-8-4-7-12(16)13(15)17/h3,5-6,9,12H,2,4,7-8H2,1H3,(H2,15,17)/t12-/m1/s1. The number of hydrogen-bond donors (Lipinski definition) is 1. The van der Waals surface area contributed by atoms with E-state index in [9.17, 15) is 18.0 Å². The van der Waals surface area contributed by atoms with E-state index in [0.717, 1.165) is 0 Å². The smallest absolute Gasteiger partial charge is 0.254 e. The molecule has 1 aliphatic rings. The number of carbonyl (C=O) groups excluding carboxylic acids is 2. The van der Waals surface area contributed by atoms with Gasteiger partial charge >= 0.3 is 0 Å². The number of primary amides is 1. The van der Waals surface area contributed by atoms with Crippen molar-refractivity contribution in [3.8, 4) is 0 Å². The van der Waals surface area contributed by atoms with E-state index in [4.69, 9.17) is 5.73 Å². The summed E-state index contributed by atoms with van der Waals surface area (Å²) in [5.41, 5.74) is 5.56. The molecule has 0 aliphatic carbocycles. The van der Waals surface area contributed by atoms with Crippen LogP contribution in [-0.4, -0.2) is 43.5 Å². The van der Waals surface area contributed by atoms with E-state index in [1.165, 1.54) is 23.1 Å². The Hall–Kier alpha value is -1.89. The number of likely N-dealkylation sites (tertiary alicyclic amines) is 1. The van der Waals surface area contributed by atoms with Crippen molar-refractivity contribution in [3.63, 3.8) is 0 Å². The first-order valence-corrected chi connectivity index (χ1v) is 8.45. The minimum Gasteiger partial charge on any atom is -0.368 e. The molecule has 7 heteroatoms. The topological polar surface area (TPSA) is 97.5 Å². The molecule has 0 unspecified atom stereocenters. The molecule has 6 nitrogen and oxygen atoms in total. The second-order valence-electron chi connectivity index (χ2n) is 4.99. The highest BCUT2D eigenvalue weighted by atomic mass is 32.2. The molecule has 1 atom stereocenters. The highest BCUT2D eigenvalue weighted by molar-refractivity contribution is 7.91. The van der Waals surface area contributed by atoms with E-state index >= 15 is 0 Å². The maximum Gasteiger partial charge on any atom is 0.254 e. The molecule has 1 saturated heterocycles. The molecule has 1 aromatic rings. The summed E-state index contributed by atoms with van der Waals surface area (Å²) in [4.78, 5) is 25.3. The van der Waals surface area contributed by atoms with Gasteiger partial charge in [0, 0.05) is 12.1 Å². The monoisotopic (exact) mass is 310 g/mol. The van der Waals surface area contributed by atoms with Crippen molar-refractivity contribution in [1.29, 1.82) is 0 Å². The van der Waals surface area contributed by atoms with Gasteiger partial charge in [-0.3, -0.25) is 9.59 Å². The van der Waals surface area contributed by atoms with Crippen LogP contribution in [0.2, 0.25) is 0 Å². The van der Waals surface area contributed by atoms with Gasteiger partial charge in [0.05, 0.1) is 10.6 Å². The van der Waals surface area contributed by atoms with Gasteiger partial charge in [0.2, 0.25) is 5.91 Å². The lowest BCUT2D eigenvalue weighted by Gasteiger charge is -2.22. The highest BCUT2D eigenvalue weighted by Gasteiger charge is 2.33. The van der Waals surface area contributed by atoms with Crippen molar-refractivity contribution in [1.82, 2.24) is 4.90 Å². The van der Waals surface area contributed by atoms with Gasteiger partial charge in [0.25, 0.3) is 5.91 Å². The van der Waals surface area contributed by atoms with E-state index in [0.29, 0.717) is 19.4 Å². The summed E-state index contributed by atoms with van der Waals surface area (Å²) in [6.07, 6.45) is 1.26. The molecule has 1 aromatic carbocycles. The third-order valence-electron chi connectivity index (χ3n) is 3.66. The van der Waals surface area contributed by atoms with Gasteiger partial charge in [-0.2, -0.15) is 0 Å². The summed E-state index contributed by atoms with van der Waals surface area (Å²) in [7, 11) is -3.37.